The molecule has 0 aliphatic rings. The van der Waals surface area contributed by atoms with Crippen molar-refractivity contribution in [1.29, 1.82) is 0 Å². The van der Waals surface area contributed by atoms with Gasteiger partial charge in [-0.15, -0.1) is 0 Å². The van der Waals surface area contributed by atoms with E-state index in [0.717, 1.165) is 42.5 Å². The molecule has 0 fully saturated rings. The molecule has 23 heavy (non-hydrogen) atoms. The Hall–Kier alpha value is -2.35. The fourth-order valence-corrected chi connectivity index (χ4v) is 3.41. The number of carbonyl (C=O) groups is 1. The molecule has 1 heterocycles. The van der Waals surface area contributed by atoms with Crippen molar-refractivity contribution in [3.05, 3.63) is 71.4 Å². The molecule has 0 N–H and O–H groups in total. The number of ketones is 1. The SMILES string of the molecule is CC(=O)c1c(C)n(CCCCc2ccccc2)c2ccccc12. The third-order valence-corrected chi connectivity index (χ3v) is 4.52. The standard InChI is InChI=1S/C21H23NO/c1-16-21(17(2)23)19-13-6-7-14-20(19)22(16)15-9-8-12-18-10-4-3-5-11-18/h3-7,10-11,13-14H,8-9,12,15H2,1-2H3. The third kappa shape index (κ3) is 3.21. The van der Waals surface area contributed by atoms with Gasteiger partial charge < -0.3 is 4.57 Å². The van der Waals surface area contributed by atoms with E-state index >= 15 is 0 Å². The van der Waals surface area contributed by atoms with Gasteiger partial charge in [-0.1, -0.05) is 48.5 Å². The molecule has 1 aromatic heterocycles. The summed E-state index contributed by atoms with van der Waals surface area (Å²) < 4.78 is 2.30. The monoisotopic (exact) mass is 305 g/mol. The van der Waals surface area contributed by atoms with Crippen LogP contribution in [-0.2, 0) is 13.0 Å². The number of hydrogen-bond donors (Lipinski definition) is 0. The van der Waals surface area contributed by atoms with E-state index in [1.165, 1.54) is 11.1 Å². The first-order valence-electron chi connectivity index (χ1n) is 8.31. The van der Waals surface area contributed by atoms with E-state index in [1.807, 2.05) is 12.1 Å². The minimum Gasteiger partial charge on any atom is -0.344 e. The summed E-state index contributed by atoms with van der Waals surface area (Å²) >= 11 is 0. The van der Waals surface area contributed by atoms with Crippen LogP contribution in [0, 0.1) is 6.92 Å². The molecule has 0 aliphatic heterocycles. The van der Waals surface area contributed by atoms with E-state index < -0.39 is 0 Å². The fourth-order valence-electron chi connectivity index (χ4n) is 3.41. The highest BCUT2D eigenvalue weighted by molar-refractivity contribution is 6.08. The quantitative estimate of drug-likeness (QED) is 0.454. The highest BCUT2D eigenvalue weighted by Crippen LogP contribution is 2.26. The fraction of sp³-hybridized carbons (Fsp3) is 0.286. The van der Waals surface area contributed by atoms with Crippen molar-refractivity contribution in [2.75, 3.05) is 0 Å². The van der Waals surface area contributed by atoms with E-state index in [4.69, 9.17) is 0 Å². The van der Waals surface area contributed by atoms with Gasteiger partial charge in [-0.25, -0.2) is 0 Å². The Balaban J connectivity index is 1.75. The second-order valence-corrected chi connectivity index (χ2v) is 6.13. The number of para-hydroxylation sites is 1. The van der Waals surface area contributed by atoms with E-state index in [1.54, 1.807) is 6.92 Å². The molecule has 2 nitrogen and oxygen atoms in total. The lowest BCUT2D eigenvalue weighted by atomic mass is 10.1. The Morgan fingerprint density at radius 1 is 0.957 bits per heavy atom. The van der Waals surface area contributed by atoms with Crippen molar-refractivity contribution >= 4 is 16.7 Å². The van der Waals surface area contributed by atoms with Gasteiger partial charge in [0.1, 0.15) is 0 Å². The highest BCUT2D eigenvalue weighted by Gasteiger charge is 2.16. The average molecular weight is 305 g/mol. The number of hydrogen-bond acceptors (Lipinski definition) is 1. The summed E-state index contributed by atoms with van der Waals surface area (Å²) in [4.78, 5) is 12.0. The van der Waals surface area contributed by atoms with Crippen LogP contribution < -0.4 is 0 Å². The van der Waals surface area contributed by atoms with E-state index in [2.05, 4.69) is 54.0 Å². The van der Waals surface area contributed by atoms with Gasteiger partial charge >= 0.3 is 0 Å². The molecule has 0 atom stereocenters. The van der Waals surface area contributed by atoms with Crippen molar-refractivity contribution in [2.45, 2.75) is 39.7 Å². The van der Waals surface area contributed by atoms with Crippen molar-refractivity contribution in [1.82, 2.24) is 4.57 Å². The number of aromatic nitrogens is 1. The lowest BCUT2D eigenvalue weighted by molar-refractivity contribution is 0.101. The molecule has 3 aromatic rings. The highest BCUT2D eigenvalue weighted by atomic mass is 16.1. The van der Waals surface area contributed by atoms with Gasteiger partial charge in [0.15, 0.2) is 5.78 Å². The summed E-state index contributed by atoms with van der Waals surface area (Å²) in [6, 6.07) is 18.8. The number of carbonyl (C=O) groups excluding carboxylic acids is 1. The normalized spacial score (nSPS) is 11.0. The van der Waals surface area contributed by atoms with E-state index in [0.29, 0.717) is 0 Å². The van der Waals surface area contributed by atoms with Crippen LogP contribution in [0.15, 0.2) is 54.6 Å². The lowest BCUT2D eigenvalue weighted by Gasteiger charge is -2.08. The number of unbranched alkanes of at least 4 members (excludes halogenated alkanes) is 1. The first-order chi connectivity index (χ1) is 11.2. The zero-order valence-electron chi connectivity index (χ0n) is 13.9. The molecule has 0 bridgehead atoms. The minimum absolute atomic E-state index is 0.154. The zero-order chi connectivity index (χ0) is 16.2. The maximum absolute atomic E-state index is 12.0. The summed E-state index contributed by atoms with van der Waals surface area (Å²) in [5, 5.41) is 1.08. The van der Waals surface area contributed by atoms with Crippen LogP contribution in [0.3, 0.4) is 0 Å². The summed E-state index contributed by atoms with van der Waals surface area (Å²) in [7, 11) is 0. The number of rotatable bonds is 6. The molecule has 0 radical (unpaired) electrons. The predicted octanol–water partition coefficient (Wildman–Crippen LogP) is 5.18. The van der Waals surface area contributed by atoms with Gasteiger partial charge in [-0.05, 0) is 44.7 Å². The Morgan fingerprint density at radius 3 is 2.39 bits per heavy atom. The second kappa shape index (κ2) is 6.82. The van der Waals surface area contributed by atoms with Crippen LogP contribution in [0.25, 0.3) is 10.9 Å². The molecule has 0 amide bonds. The van der Waals surface area contributed by atoms with E-state index in [9.17, 15) is 4.79 Å². The molecule has 0 saturated carbocycles. The Labute approximate surface area is 137 Å². The third-order valence-electron chi connectivity index (χ3n) is 4.52. The molecular weight excluding hydrogens is 282 g/mol. The Morgan fingerprint density at radius 2 is 1.65 bits per heavy atom. The molecule has 2 heteroatoms. The molecule has 0 spiro atoms. The maximum Gasteiger partial charge on any atom is 0.162 e. The van der Waals surface area contributed by atoms with Crippen molar-refractivity contribution in [2.24, 2.45) is 0 Å². The number of Topliss-reactive ketones (excluding diaryl/α,β-unsaturated/α-hetero) is 1. The van der Waals surface area contributed by atoms with Crippen LogP contribution in [0.1, 0.15) is 41.4 Å². The van der Waals surface area contributed by atoms with Crippen molar-refractivity contribution in [3.8, 4) is 0 Å². The molecule has 0 saturated heterocycles. The number of benzene rings is 2. The van der Waals surface area contributed by atoms with Gasteiger partial charge in [0, 0.05) is 28.7 Å². The van der Waals surface area contributed by atoms with Crippen LogP contribution in [-0.4, -0.2) is 10.4 Å². The summed E-state index contributed by atoms with van der Waals surface area (Å²) in [5.74, 6) is 0.154. The van der Waals surface area contributed by atoms with Crippen molar-refractivity contribution < 1.29 is 4.79 Å². The first-order valence-corrected chi connectivity index (χ1v) is 8.31. The average Bonchev–Trinajstić information content (AvgIpc) is 2.84. The zero-order valence-corrected chi connectivity index (χ0v) is 13.9. The van der Waals surface area contributed by atoms with Gasteiger partial charge in [-0.3, -0.25) is 4.79 Å². The molecule has 0 aliphatic carbocycles. The van der Waals surface area contributed by atoms with Crippen molar-refractivity contribution in [3.63, 3.8) is 0 Å². The first kappa shape index (κ1) is 15.5. The second-order valence-electron chi connectivity index (χ2n) is 6.13. The molecule has 2 aromatic carbocycles. The summed E-state index contributed by atoms with van der Waals surface area (Å²) in [6.45, 7) is 4.69. The van der Waals surface area contributed by atoms with Crippen LogP contribution in [0.2, 0.25) is 0 Å². The van der Waals surface area contributed by atoms with Gasteiger partial charge in [0.05, 0.1) is 0 Å². The van der Waals surface area contributed by atoms with Gasteiger partial charge in [0.25, 0.3) is 0 Å². The number of nitrogens with zero attached hydrogens (tertiary/aromatic N) is 1. The van der Waals surface area contributed by atoms with Gasteiger partial charge in [-0.2, -0.15) is 0 Å². The Kier molecular flexibility index (Phi) is 4.61. The molecule has 3 rings (SSSR count). The summed E-state index contributed by atoms with van der Waals surface area (Å²) in [5.41, 5.74) is 4.54. The Bertz CT molecular complexity index is 814. The van der Waals surface area contributed by atoms with Crippen LogP contribution in [0.5, 0.6) is 0 Å². The topological polar surface area (TPSA) is 22.0 Å². The van der Waals surface area contributed by atoms with Crippen LogP contribution in [0.4, 0.5) is 0 Å². The number of aryl methyl sites for hydroxylation is 2. The minimum atomic E-state index is 0.154. The summed E-state index contributed by atoms with van der Waals surface area (Å²) in [6.07, 6.45) is 3.38. The molecule has 0 unspecified atom stereocenters. The van der Waals surface area contributed by atoms with E-state index in [-0.39, 0.29) is 5.78 Å². The van der Waals surface area contributed by atoms with Gasteiger partial charge in [0.2, 0.25) is 0 Å². The smallest absolute Gasteiger partial charge is 0.162 e. The largest absolute Gasteiger partial charge is 0.344 e. The molecular formula is C21H23NO. The predicted molar refractivity (Wildman–Crippen MR) is 96.1 cm³/mol. The molecule has 118 valence electrons. The maximum atomic E-state index is 12.0. The number of fused-ring (bicyclic) bond motifs is 1. The van der Waals surface area contributed by atoms with Crippen LogP contribution >= 0.6 is 0 Å². The lowest BCUT2D eigenvalue weighted by Crippen LogP contribution is -2.03.